The van der Waals surface area contributed by atoms with Crippen molar-refractivity contribution in [3.8, 4) is 16.3 Å². The summed E-state index contributed by atoms with van der Waals surface area (Å²) in [5.74, 6) is -0.437. The van der Waals surface area contributed by atoms with Crippen LogP contribution in [0.5, 0.6) is 5.75 Å². The van der Waals surface area contributed by atoms with Gasteiger partial charge in [-0.15, -0.1) is 11.3 Å². The topological polar surface area (TPSA) is 174 Å². The van der Waals surface area contributed by atoms with Crippen LogP contribution in [-0.4, -0.2) is 90.3 Å². The lowest BCUT2D eigenvalue weighted by Crippen LogP contribution is -2.51. The van der Waals surface area contributed by atoms with E-state index in [4.69, 9.17) is 44.5 Å². The van der Waals surface area contributed by atoms with E-state index in [1.54, 1.807) is 31.5 Å². The fourth-order valence-electron chi connectivity index (χ4n) is 4.88. The normalized spacial score (nSPS) is 16.5. The van der Waals surface area contributed by atoms with Crippen molar-refractivity contribution < 1.29 is 23.9 Å². The van der Waals surface area contributed by atoms with Crippen LogP contribution in [-0.2, 0) is 14.3 Å². The number of benzene rings is 1. The predicted molar refractivity (Wildman–Crippen MR) is 175 cm³/mol. The number of carbonyl (C=O) groups excluding carboxylic acids is 3. The zero-order valence-corrected chi connectivity index (χ0v) is 26.2. The summed E-state index contributed by atoms with van der Waals surface area (Å²) in [6.07, 6.45) is 7.28. The Morgan fingerprint density at radius 3 is 2.47 bits per heavy atom. The van der Waals surface area contributed by atoms with Crippen molar-refractivity contribution in [1.82, 2.24) is 20.5 Å². The first-order valence-electron chi connectivity index (χ1n) is 14.6. The third-order valence-electron chi connectivity index (χ3n) is 7.45. The van der Waals surface area contributed by atoms with Gasteiger partial charge in [0.05, 0.1) is 53.8 Å². The van der Waals surface area contributed by atoms with Gasteiger partial charge in [-0.1, -0.05) is 11.3 Å². The number of para-hydroxylation sites is 1. The van der Waals surface area contributed by atoms with Crippen LogP contribution in [0.1, 0.15) is 41.8 Å². The second kappa shape index (κ2) is 14.9. The largest absolute Gasteiger partial charge is 0.494 e. The number of ether oxygens (including phenoxy) is 2. The van der Waals surface area contributed by atoms with Gasteiger partial charge in [0.15, 0.2) is 5.75 Å². The van der Waals surface area contributed by atoms with Gasteiger partial charge < -0.3 is 41.8 Å². The second-order valence-electron chi connectivity index (χ2n) is 11.1. The number of methoxy groups -OCH3 is 2. The summed E-state index contributed by atoms with van der Waals surface area (Å²) in [4.78, 5) is 45.3. The minimum absolute atomic E-state index is 0.00436. The summed E-state index contributed by atoms with van der Waals surface area (Å²) < 4.78 is 10.9. The van der Waals surface area contributed by atoms with Gasteiger partial charge in [0.25, 0.3) is 11.8 Å². The molecule has 0 spiro atoms. The molecular weight excluding hydrogens is 591 g/mol. The predicted octanol–water partition coefficient (Wildman–Crippen LogP) is 0.849. The minimum atomic E-state index is -2.04. The van der Waals surface area contributed by atoms with Crippen molar-refractivity contribution >= 4 is 58.3 Å². The molecule has 0 bridgehead atoms. The fourth-order valence-corrected chi connectivity index (χ4v) is 5.79. The molecule has 0 atom stereocenters. The Morgan fingerprint density at radius 1 is 1.13 bits per heavy atom. The van der Waals surface area contributed by atoms with Crippen LogP contribution < -0.4 is 32.2 Å². The molecule has 7 N–H and O–H groups in total. The number of anilines is 1. The van der Waals surface area contributed by atoms with E-state index in [0.29, 0.717) is 45.9 Å². The van der Waals surface area contributed by atoms with Gasteiger partial charge in [-0.3, -0.25) is 14.4 Å². The van der Waals surface area contributed by atoms with Crippen molar-refractivity contribution in [1.29, 1.82) is 0 Å². The number of allylic oxidation sites excluding steroid dienone is 1. The first kappa shape index (κ1) is 34.0. The number of piperidine rings is 1. The molecule has 1 saturated heterocycles. The highest BCUT2D eigenvalue weighted by atomic mass is 32.1. The Kier molecular flexibility index (Phi) is 11.3. The molecular formula is C29H36B3N7O5S. The van der Waals surface area contributed by atoms with E-state index in [0.717, 1.165) is 38.7 Å². The van der Waals surface area contributed by atoms with Gasteiger partial charge in [-0.05, 0) is 50.2 Å². The average Bonchev–Trinajstić information content (AvgIpc) is 3.75. The molecule has 1 aliphatic heterocycles. The van der Waals surface area contributed by atoms with Crippen molar-refractivity contribution in [3.63, 3.8) is 0 Å². The summed E-state index contributed by atoms with van der Waals surface area (Å²) in [7, 11) is 19.8. The SMILES string of the molecule is [B]C([B])([B])NC(=O)/C(N)=C(/C=C(\N)NC(=O)C1CC1)Nc1cccc(-c2ncc(C(=O)N3CCC(CCOC)CC3)s2)c1OC. The molecule has 3 amide bonds. The monoisotopic (exact) mass is 627 g/mol. The van der Waals surface area contributed by atoms with Gasteiger partial charge >= 0.3 is 0 Å². The van der Waals surface area contributed by atoms with Crippen LogP contribution in [0.2, 0.25) is 0 Å². The zero-order valence-electron chi connectivity index (χ0n) is 25.4. The van der Waals surface area contributed by atoms with E-state index in [2.05, 4.69) is 20.9 Å². The fraction of sp³-hybridized carbons (Fsp3) is 0.448. The molecule has 1 aliphatic carbocycles. The van der Waals surface area contributed by atoms with E-state index in [9.17, 15) is 14.4 Å². The number of hydrogen-bond acceptors (Lipinski definition) is 10. The van der Waals surface area contributed by atoms with Gasteiger partial charge in [0.1, 0.15) is 21.4 Å². The molecule has 232 valence electrons. The van der Waals surface area contributed by atoms with Crippen LogP contribution >= 0.6 is 11.3 Å². The first-order chi connectivity index (χ1) is 21.4. The summed E-state index contributed by atoms with van der Waals surface area (Å²) in [6, 6.07) is 5.23. The molecule has 2 aliphatic rings. The molecule has 1 saturated carbocycles. The van der Waals surface area contributed by atoms with Gasteiger partial charge in [-0.25, -0.2) is 4.98 Å². The van der Waals surface area contributed by atoms with Gasteiger partial charge in [-0.2, -0.15) is 0 Å². The molecule has 12 nitrogen and oxygen atoms in total. The number of rotatable bonds is 13. The van der Waals surface area contributed by atoms with E-state index < -0.39 is 11.1 Å². The van der Waals surface area contributed by atoms with Crippen molar-refractivity contribution in [2.75, 3.05) is 39.2 Å². The molecule has 45 heavy (non-hydrogen) atoms. The Bertz CT molecular complexity index is 1460. The highest BCUT2D eigenvalue weighted by Crippen LogP contribution is 2.39. The van der Waals surface area contributed by atoms with Crippen LogP contribution in [0.15, 0.2) is 47.7 Å². The highest BCUT2D eigenvalue weighted by Gasteiger charge is 2.30. The van der Waals surface area contributed by atoms with E-state index in [1.807, 2.05) is 4.90 Å². The Balaban J connectivity index is 1.58. The number of nitrogens with zero attached hydrogens (tertiary/aromatic N) is 2. The number of amides is 3. The van der Waals surface area contributed by atoms with E-state index >= 15 is 0 Å². The molecule has 2 aromatic rings. The van der Waals surface area contributed by atoms with E-state index in [-0.39, 0.29) is 34.9 Å². The zero-order chi connectivity index (χ0) is 32.7. The number of aromatic nitrogens is 1. The summed E-state index contributed by atoms with van der Waals surface area (Å²) >= 11 is 1.25. The molecule has 2 heterocycles. The smallest absolute Gasteiger partial charge is 0.267 e. The number of carbonyl (C=O) groups is 3. The summed E-state index contributed by atoms with van der Waals surface area (Å²) in [5, 5.41) is 6.34. The van der Waals surface area contributed by atoms with Crippen LogP contribution in [0.3, 0.4) is 0 Å². The average molecular weight is 627 g/mol. The second-order valence-corrected chi connectivity index (χ2v) is 12.2. The summed E-state index contributed by atoms with van der Waals surface area (Å²) in [5.41, 5.74) is 12.9. The number of likely N-dealkylation sites (tertiary alicyclic amines) is 1. The quantitative estimate of drug-likeness (QED) is 0.123. The molecule has 6 radical (unpaired) electrons. The number of nitrogens with two attached hydrogens (primary N) is 2. The third-order valence-corrected chi connectivity index (χ3v) is 8.47. The maximum Gasteiger partial charge on any atom is 0.267 e. The van der Waals surface area contributed by atoms with Crippen LogP contribution in [0.4, 0.5) is 5.69 Å². The molecule has 0 unspecified atom stereocenters. The lowest BCUT2D eigenvalue weighted by Gasteiger charge is -2.31. The third kappa shape index (κ3) is 9.30. The van der Waals surface area contributed by atoms with Crippen molar-refractivity contribution in [2.45, 2.75) is 37.3 Å². The number of hydrogen-bond donors (Lipinski definition) is 5. The lowest BCUT2D eigenvalue weighted by molar-refractivity contribution is -0.121. The number of thiazole rings is 1. The molecule has 1 aromatic heterocycles. The van der Waals surface area contributed by atoms with Crippen molar-refractivity contribution in [3.05, 3.63) is 52.6 Å². The highest BCUT2D eigenvalue weighted by molar-refractivity contribution is 7.17. The van der Waals surface area contributed by atoms with Crippen LogP contribution in [0.25, 0.3) is 10.6 Å². The number of nitrogens with one attached hydrogen (secondary N) is 3. The van der Waals surface area contributed by atoms with E-state index in [1.165, 1.54) is 24.5 Å². The van der Waals surface area contributed by atoms with Crippen LogP contribution in [0, 0.1) is 11.8 Å². The standard InChI is InChI=1S/C29H36B3N7O5S/c1-43-13-10-16-8-11-39(12-9-16)28(42)21-15-35-27(45-21)18-4-3-5-19(24(18)44-2)36-20(23(34)26(41)38-29(30,31)32)14-22(33)37-25(40)17-6-7-17/h3-5,14-17,36H,6-13,33-34H2,1-2H3,(H,37,40)(H,38,41)/b22-14+,23-20+. The molecule has 16 heteroatoms. The molecule has 2 fully saturated rings. The Labute approximate surface area is 271 Å². The molecule has 4 rings (SSSR count). The Morgan fingerprint density at radius 2 is 1.84 bits per heavy atom. The maximum atomic E-state index is 13.3. The maximum absolute atomic E-state index is 13.3. The Hall–Kier alpha value is -3.91. The summed E-state index contributed by atoms with van der Waals surface area (Å²) in [6.45, 7) is 2.09. The van der Waals surface area contributed by atoms with Crippen molar-refractivity contribution in [2.24, 2.45) is 23.3 Å². The van der Waals surface area contributed by atoms with Gasteiger partial charge in [0, 0.05) is 38.8 Å². The van der Waals surface area contributed by atoms with Gasteiger partial charge in [0.2, 0.25) is 5.91 Å². The molecule has 1 aromatic carbocycles. The minimum Gasteiger partial charge on any atom is -0.494 e. The lowest BCUT2D eigenvalue weighted by atomic mass is 9.49. The first-order valence-corrected chi connectivity index (χ1v) is 15.4.